The van der Waals surface area contributed by atoms with Gasteiger partial charge in [0.25, 0.3) is 5.91 Å². The van der Waals surface area contributed by atoms with Gasteiger partial charge in [0, 0.05) is 0 Å². The van der Waals surface area contributed by atoms with Crippen LogP contribution in [0.1, 0.15) is 36.9 Å². The molecular weight excluding hydrogens is 196 g/mol. The maximum absolute atomic E-state index is 11.7. The summed E-state index contributed by atoms with van der Waals surface area (Å²) in [5.74, 6) is 0.175. The predicted octanol–water partition coefficient (Wildman–Crippen LogP) is 0.872. The molecule has 0 aromatic carbocycles. The standard InChI is InChI=1S/C10H16N2O3/c1-6-8(5-11-15-6)9(14)12-10(3,4)7(2)13/h5,7,13H,1-4H3,(H,12,14). The minimum Gasteiger partial charge on any atom is -0.391 e. The Kier molecular flexibility index (Phi) is 3.14. The molecule has 1 unspecified atom stereocenters. The molecule has 0 saturated heterocycles. The smallest absolute Gasteiger partial charge is 0.257 e. The molecule has 1 aromatic rings. The lowest BCUT2D eigenvalue weighted by molar-refractivity contribution is 0.0708. The molecule has 2 N–H and O–H groups in total. The van der Waals surface area contributed by atoms with Crippen molar-refractivity contribution in [2.75, 3.05) is 0 Å². The fourth-order valence-corrected chi connectivity index (χ4v) is 0.981. The van der Waals surface area contributed by atoms with Crippen LogP contribution in [0.15, 0.2) is 10.7 Å². The van der Waals surface area contributed by atoms with Gasteiger partial charge in [-0.25, -0.2) is 0 Å². The van der Waals surface area contributed by atoms with Gasteiger partial charge in [0.15, 0.2) is 0 Å². The van der Waals surface area contributed by atoms with Crippen molar-refractivity contribution in [1.29, 1.82) is 0 Å². The van der Waals surface area contributed by atoms with Crippen LogP contribution in [0.4, 0.5) is 0 Å². The van der Waals surface area contributed by atoms with Crippen molar-refractivity contribution in [2.45, 2.75) is 39.3 Å². The Morgan fingerprint density at radius 2 is 2.27 bits per heavy atom. The Morgan fingerprint density at radius 1 is 1.67 bits per heavy atom. The quantitative estimate of drug-likeness (QED) is 0.779. The third-order valence-electron chi connectivity index (χ3n) is 2.48. The molecule has 5 heteroatoms. The maximum Gasteiger partial charge on any atom is 0.257 e. The lowest BCUT2D eigenvalue weighted by Crippen LogP contribution is -2.51. The van der Waals surface area contributed by atoms with Crippen LogP contribution in [0, 0.1) is 6.92 Å². The highest BCUT2D eigenvalue weighted by molar-refractivity contribution is 5.95. The Hall–Kier alpha value is -1.36. The summed E-state index contributed by atoms with van der Waals surface area (Å²) in [6.07, 6.45) is 0.726. The average Bonchev–Trinajstić information content (AvgIpc) is 2.50. The van der Waals surface area contributed by atoms with Gasteiger partial charge >= 0.3 is 0 Å². The van der Waals surface area contributed by atoms with E-state index in [1.54, 1.807) is 27.7 Å². The van der Waals surface area contributed by atoms with Crippen molar-refractivity contribution in [1.82, 2.24) is 10.5 Å². The Labute approximate surface area is 88.5 Å². The average molecular weight is 212 g/mol. The fourth-order valence-electron chi connectivity index (χ4n) is 0.981. The summed E-state index contributed by atoms with van der Waals surface area (Å²) in [5.41, 5.74) is -0.287. The van der Waals surface area contributed by atoms with E-state index in [9.17, 15) is 9.90 Å². The molecule has 5 nitrogen and oxygen atoms in total. The normalized spacial score (nSPS) is 13.7. The molecule has 0 saturated carbocycles. The largest absolute Gasteiger partial charge is 0.391 e. The molecule has 0 aliphatic carbocycles. The monoisotopic (exact) mass is 212 g/mol. The Bertz CT molecular complexity index is 355. The maximum atomic E-state index is 11.7. The summed E-state index contributed by atoms with van der Waals surface area (Å²) < 4.78 is 4.79. The molecule has 0 fully saturated rings. The summed E-state index contributed by atoms with van der Waals surface area (Å²) in [7, 11) is 0. The van der Waals surface area contributed by atoms with E-state index < -0.39 is 11.6 Å². The lowest BCUT2D eigenvalue weighted by Gasteiger charge is -2.29. The molecule has 15 heavy (non-hydrogen) atoms. The molecule has 0 aliphatic rings. The Balaban J connectivity index is 2.77. The molecule has 0 spiro atoms. The van der Waals surface area contributed by atoms with E-state index in [-0.39, 0.29) is 5.91 Å². The van der Waals surface area contributed by atoms with Gasteiger partial charge in [-0.3, -0.25) is 4.79 Å². The second-order valence-electron chi connectivity index (χ2n) is 4.15. The highest BCUT2D eigenvalue weighted by Gasteiger charge is 2.27. The van der Waals surface area contributed by atoms with Gasteiger partial charge < -0.3 is 14.9 Å². The zero-order valence-electron chi connectivity index (χ0n) is 9.37. The summed E-state index contributed by atoms with van der Waals surface area (Å²) in [4.78, 5) is 11.7. The van der Waals surface area contributed by atoms with Crippen molar-refractivity contribution in [3.63, 3.8) is 0 Å². The first kappa shape index (κ1) is 11.7. The van der Waals surface area contributed by atoms with Gasteiger partial charge in [-0.2, -0.15) is 0 Å². The van der Waals surface area contributed by atoms with Crippen molar-refractivity contribution in [3.05, 3.63) is 17.5 Å². The number of aliphatic hydroxyl groups excluding tert-OH is 1. The number of carbonyl (C=O) groups is 1. The predicted molar refractivity (Wildman–Crippen MR) is 54.5 cm³/mol. The number of amides is 1. The van der Waals surface area contributed by atoms with Gasteiger partial charge in [0.05, 0.1) is 17.8 Å². The van der Waals surface area contributed by atoms with E-state index in [4.69, 9.17) is 4.52 Å². The number of hydrogen-bond donors (Lipinski definition) is 2. The van der Waals surface area contributed by atoms with Crippen LogP contribution in [-0.2, 0) is 0 Å². The van der Waals surface area contributed by atoms with Crippen LogP contribution < -0.4 is 5.32 Å². The van der Waals surface area contributed by atoms with E-state index >= 15 is 0 Å². The van der Waals surface area contributed by atoms with Gasteiger partial charge in [-0.15, -0.1) is 0 Å². The van der Waals surface area contributed by atoms with Crippen LogP contribution in [0.5, 0.6) is 0 Å². The van der Waals surface area contributed by atoms with E-state index in [1.165, 1.54) is 6.20 Å². The van der Waals surface area contributed by atoms with E-state index in [0.29, 0.717) is 11.3 Å². The van der Waals surface area contributed by atoms with Crippen molar-refractivity contribution in [2.24, 2.45) is 0 Å². The number of nitrogens with zero attached hydrogens (tertiary/aromatic N) is 1. The van der Waals surface area contributed by atoms with Gasteiger partial charge in [0.1, 0.15) is 11.3 Å². The summed E-state index contributed by atoms with van der Waals surface area (Å²) >= 11 is 0. The minimum atomic E-state index is -0.680. The molecule has 0 aliphatic heterocycles. The van der Waals surface area contributed by atoms with Crippen LogP contribution in [0.25, 0.3) is 0 Å². The van der Waals surface area contributed by atoms with E-state index in [1.807, 2.05) is 0 Å². The van der Waals surface area contributed by atoms with Crippen LogP contribution in [0.2, 0.25) is 0 Å². The molecule has 1 rings (SSSR count). The van der Waals surface area contributed by atoms with Crippen molar-refractivity contribution < 1.29 is 14.4 Å². The highest BCUT2D eigenvalue weighted by Crippen LogP contribution is 2.12. The van der Waals surface area contributed by atoms with Crippen LogP contribution >= 0.6 is 0 Å². The molecule has 0 radical (unpaired) electrons. The number of rotatable bonds is 3. The van der Waals surface area contributed by atoms with Crippen LogP contribution in [0.3, 0.4) is 0 Å². The number of hydrogen-bond acceptors (Lipinski definition) is 4. The first-order chi connectivity index (χ1) is 6.84. The number of aryl methyl sites for hydroxylation is 1. The molecule has 1 amide bonds. The topological polar surface area (TPSA) is 75.4 Å². The highest BCUT2D eigenvalue weighted by atomic mass is 16.5. The second-order valence-corrected chi connectivity index (χ2v) is 4.15. The molecule has 1 heterocycles. The minimum absolute atomic E-state index is 0.292. The van der Waals surface area contributed by atoms with Gasteiger partial charge in [-0.1, -0.05) is 5.16 Å². The SMILES string of the molecule is Cc1oncc1C(=O)NC(C)(C)C(C)O. The molecule has 0 bridgehead atoms. The lowest BCUT2D eigenvalue weighted by atomic mass is 9.98. The first-order valence-corrected chi connectivity index (χ1v) is 4.76. The summed E-state index contributed by atoms with van der Waals surface area (Å²) in [6.45, 7) is 6.79. The van der Waals surface area contributed by atoms with Gasteiger partial charge in [-0.05, 0) is 27.7 Å². The number of nitrogens with one attached hydrogen (secondary N) is 1. The summed E-state index contributed by atoms with van der Waals surface area (Å²) in [5, 5.41) is 15.7. The Morgan fingerprint density at radius 3 is 2.67 bits per heavy atom. The van der Waals surface area contributed by atoms with E-state index in [0.717, 1.165) is 0 Å². The zero-order chi connectivity index (χ0) is 11.6. The van der Waals surface area contributed by atoms with Crippen LogP contribution in [-0.4, -0.2) is 27.8 Å². The number of carbonyl (C=O) groups excluding carboxylic acids is 1. The molecule has 84 valence electrons. The third-order valence-corrected chi connectivity index (χ3v) is 2.48. The summed E-state index contributed by atoms with van der Waals surface area (Å²) in [6, 6.07) is 0. The first-order valence-electron chi connectivity index (χ1n) is 4.76. The number of aromatic nitrogens is 1. The number of aliphatic hydroxyl groups is 1. The third kappa shape index (κ3) is 2.56. The van der Waals surface area contributed by atoms with Crippen molar-refractivity contribution in [3.8, 4) is 0 Å². The van der Waals surface area contributed by atoms with E-state index in [2.05, 4.69) is 10.5 Å². The second kappa shape index (κ2) is 4.02. The molecular formula is C10H16N2O3. The molecule has 1 aromatic heterocycles. The molecule has 1 atom stereocenters. The van der Waals surface area contributed by atoms with Crippen molar-refractivity contribution >= 4 is 5.91 Å². The zero-order valence-corrected chi connectivity index (χ0v) is 9.37. The van der Waals surface area contributed by atoms with Gasteiger partial charge in [0.2, 0.25) is 0 Å². The fraction of sp³-hybridized carbons (Fsp3) is 0.600.